The number of esters is 2. The van der Waals surface area contributed by atoms with Crippen LogP contribution >= 0.6 is 0 Å². The maximum Gasteiger partial charge on any atom is 0.342 e. The van der Waals surface area contributed by atoms with Crippen molar-refractivity contribution in [3.8, 4) is 0 Å². The van der Waals surface area contributed by atoms with E-state index >= 15 is 0 Å². The van der Waals surface area contributed by atoms with E-state index in [0.717, 1.165) is 5.56 Å². The topological polar surface area (TPSA) is 43.4 Å². The predicted molar refractivity (Wildman–Crippen MR) is 63.8 cm³/mol. The molecule has 1 aromatic carbocycles. The van der Waals surface area contributed by atoms with E-state index in [0.29, 0.717) is 5.57 Å². The van der Waals surface area contributed by atoms with Crippen LogP contribution in [0.2, 0.25) is 0 Å². The van der Waals surface area contributed by atoms with E-state index in [1.165, 1.54) is 0 Å². The molecule has 1 fully saturated rings. The molecule has 2 rings (SSSR count). The molecular formula is C14H12O3. The number of hydrogen-bond acceptors (Lipinski definition) is 3. The molecule has 0 aromatic heterocycles. The lowest BCUT2D eigenvalue weighted by atomic mass is 10.00. The van der Waals surface area contributed by atoms with Gasteiger partial charge in [0.2, 0.25) is 0 Å². The molecule has 1 atom stereocenters. The van der Waals surface area contributed by atoms with Gasteiger partial charge in [0, 0.05) is 0 Å². The Balaban J connectivity index is 2.21. The number of rotatable bonds is 2. The summed E-state index contributed by atoms with van der Waals surface area (Å²) in [5.41, 5.74) is 1.39. The second kappa shape index (κ2) is 4.78. The van der Waals surface area contributed by atoms with E-state index in [2.05, 4.69) is 4.74 Å². The molecule has 0 bridgehead atoms. The number of benzene rings is 1. The summed E-state index contributed by atoms with van der Waals surface area (Å²) in [6.07, 6.45) is 5.12. The highest BCUT2D eigenvalue weighted by Crippen LogP contribution is 2.24. The van der Waals surface area contributed by atoms with Crippen LogP contribution in [0.3, 0.4) is 0 Å². The fraction of sp³-hybridized carbons (Fsp3) is 0.143. The van der Waals surface area contributed by atoms with Gasteiger partial charge in [-0.2, -0.15) is 0 Å². The highest BCUT2D eigenvalue weighted by atomic mass is 16.6. The quantitative estimate of drug-likeness (QED) is 0.443. The number of ether oxygens (including phenoxy) is 1. The van der Waals surface area contributed by atoms with E-state index in [-0.39, 0.29) is 0 Å². The number of carbonyl (C=O) groups excluding carboxylic acids is 2. The zero-order valence-electron chi connectivity index (χ0n) is 9.42. The molecule has 1 saturated heterocycles. The van der Waals surface area contributed by atoms with E-state index in [1.807, 2.05) is 36.4 Å². The van der Waals surface area contributed by atoms with Crippen LogP contribution in [0, 0.1) is 5.92 Å². The monoisotopic (exact) mass is 228 g/mol. The van der Waals surface area contributed by atoms with Crippen LogP contribution in [0.5, 0.6) is 0 Å². The van der Waals surface area contributed by atoms with Crippen LogP contribution in [0.25, 0.3) is 6.08 Å². The number of allylic oxidation sites excluding steroid dienone is 1. The Morgan fingerprint density at radius 1 is 1.18 bits per heavy atom. The van der Waals surface area contributed by atoms with Crippen molar-refractivity contribution in [2.45, 2.75) is 6.92 Å². The molecule has 0 radical (unpaired) electrons. The molecule has 17 heavy (non-hydrogen) atoms. The molecule has 0 aliphatic carbocycles. The molecule has 0 N–H and O–H groups in total. The molecule has 1 aromatic rings. The first kappa shape index (κ1) is 11.3. The molecule has 0 saturated carbocycles. The summed E-state index contributed by atoms with van der Waals surface area (Å²) in [7, 11) is 0. The first-order valence-corrected chi connectivity index (χ1v) is 5.38. The number of hydrogen-bond donors (Lipinski definition) is 0. The van der Waals surface area contributed by atoms with Crippen molar-refractivity contribution in [2.24, 2.45) is 5.92 Å². The fourth-order valence-corrected chi connectivity index (χ4v) is 1.72. The van der Waals surface area contributed by atoms with Crippen LogP contribution < -0.4 is 0 Å². The van der Waals surface area contributed by atoms with Crippen molar-refractivity contribution in [1.82, 2.24) is 0 Å². The fourth-order valence-electron chi connectivity index (χ4n) is 1.72. The van der Waals surface area contributed by atoms with E-state index < -0.39 is 17.9 Å². The minimum atomic E-state index is -0.576. The largest absolute Gasteiger partial charge is 0.389 e. The summed E-state index contributed by atoms with van der Waals surface area (Å²) in [6.45, 7) is 1.72. The Hall–Kier alpha value is -2.16. The molecule has 0 amide bonds. The Morgan fingerprint density at radius 2 is 1.88 bits per heavy atom. The summed E-state index contributed by atoms with van der Waals surface area (Å²) >= 11 is 0. The van der Waals surface area contributed by atoms with Gasteiger partial charge in [0.15, 0.2) is 0 Å². The van der Waals surface area contributed by atoms with Crippen molar-refractivity contribution in [3.63, 3.8) is 0 Å². The smallest absolute Gasteiger partial charge is 0.342 e. The third kappa shape index (κ3) is 2.33. The normalized spacial score (nSPS) is 22.4. The van der Waals surface area contributed by atoms with Crippen molar-refractivity contribution in [3.05, 3.63) is 53.6 Å². The molecule has 0 spiro atoms. The molecule has 1 unspecified atom stereocenters. The Labute approximate surface area is 99.4 Å². The first-order valence-electron chi connectivity index (χ1n) is 5.38. The highest BCUT2D eigenvalue weighted by molar-refractivity contribution is 6.08. The van der Waals surface area contributed by atoms with Gasteiger partial charge in [0.05, 0.1) is 5.57 Å². The van der Waals surface area contributed by atoms with Crippen LogP contribution in [0.15, 0.2) is 48.1 Å². The van der Waals surface area contributed by atoms with Crippen LogP contribution in [-0.2, 0) is 14.3 Å². The van der Waals surface area contributed by atoms with E-state index in [9.17, 15) is 9.59 Å². The summed E-state index contributed by atoms with van der Waals surface area (Å²) in [5.74, 6) is -1.62. The van der Waals surface area contributed by atoms with Gasteiger partial charge in [0.25, 0.3) is 0 Å². The van der Waals surface area contributed by atoms with E-state index in [4.69, 9.17) is 0 Å². The zero-order valence-corrected chi connectivity index (χ0v) is 9.42. The van der Waals surface area contributed by atoms with Crippen molar-refractivity contribution in [2.75, 3.05) is 0 Å². The van der Waals surface area contributed by atoms with Gasteiger partial charge in [-0.1, -0.05) is 48.6 Å². The molecule has 1 aliphatic rings. The molecule has 1 aliphatic heterocycles. The molecule has 3 heteroatoms. The lowest BCUT2D eigenvalue weighted by Crippen LogP contribution is -2.05. The minimum Gasteiger partial charge on any atom is -0.389 e. The highest BCUT2D eigenvalue weighted by Gasteiger charge is 2.36. The van der Waals surface area contributed by atoms with Gasteiger partial charge in [-0.15, -0.1) is 0 Å². The lowest BCUT2D eigenvalue weighted by molar-refractivity contribution is -0.152. The molecular weight excluding hydrogens is 216 g/mol. The first-order chi connectivity index (χ1) is 8.22. The maximum absolute atomic E-state index is 11.4. The van der Waals surface area contributed by atoms with Crippen molar-refractivity contribution >= 4 is 18.0 Å². The standard InChI is InChI=1S/C14H12O3/c1-2-11-12(14(16)17-13(11)15)9-8-10-6-4-3-5-7-10/h2-9,12H,1H3. The number of carbonyl (C=O) groups is 2. The summed E-state index contributed by atoms with van der Waals surface area (Å²) in [4.78, 5) is 22.7. The van der Waals surface area contributed by atoms with E-state index in [1.54, 1.807) is 19.1 Å². The zero-order chi connectivity index (χ0) is 12.3. The third-order valence-corrected chi connectivity index (χ3v) is 2.61. The van der Waals surface area contributed by atoms with Crippen molar-refractivity contribution < 1.29 is 14.3 Å². The number of cyclic esters (lactones) is 2. The van der Waals surface area contributed by atoms with Gasteiger partial charge in [-0.3, -0.25) is 4.79 Å². The van der Waals surface area contributed by atoms with Crippen molar-refractivity contribution in [1.29, 1.82) is 0 Å². The summed E-state index contributed by atoms with van der Waals surface area (Å²) in [6, 6.07) is 9.59. The van der Waals surface area contributed by atoms with Gasteiger partial charge in [-0.25, -0.2) is 4.79 Å². The molecule has 86 valence electrons. The summed E-state index contributed by atoms with van der Waals surface area (Å²) in [5, 5.41) is 0. The third-order valence-electron chi connectivity index (χ3n) is 2.61. The van der Waals surface area contributed by atoms with Gasteiger partial charge >= 0.3 is 11.9 Å². The maximum atomic E-state index is 11.4. The van der Waals surface area contributed by atoms with Gasteiger partial charge < -0.3 is 4.74 Å². The average molecular weight is 228 g/mol. The molecule has 3 nitrogen and oxygen atoms in total. The Kier molecular flexibility index (Phi) is 3.19. The predicted octanol–water partition coefficient (Wildman–Crippen LogP) is 2.35. The Bertz CT molecular complexity index is 497. The van der Waals surface area contributed by atoms with Gasteiger partial charge in [0.1, 0.15) is 5.92 Å². The second-order valence-electron chi connectivity index (χ2n) is 3.70. The van der Waals surface area contributed by atoms with Crippen LogP contribution in [0.4, 0.5) is 0 Å². The van der Waals surface area contributed by atoms with Gasteiger partial charge in [-0.05, 0) is 12.5 Å². The minimum absolute atomic E-state index is 0.405. The Morgan fingerprint density at radius 3 is 2.53 bits per heavy atom. The lowest BCUT2D eigenvalue weighted by Gasteiger charge is -1.98. The molecule has 1 heterocycles. The second-order valence-corrected chi connectivity index (χ2v) is 3.70. The van der Waals surface area contributed by atoms with Crippen LogP contribution in [0.1, 0.15) is 12.5 Å². The SMILES string of the molecule is CC=C1C(=O)OC(=O)C1C=Cc1ccccc1. The van der Waals surface area contributed by atoms with Crippen LogP contribution in [-0.4, -0.2) is 11.9 Å². The average Bonchev–Trinajstić information content (AvgIpc) is 2.62. The summed E-state index contributed by atoms with van der Waals surface area (Å²) < 4.78 is 4.57.